The minimum atomic E-state index is -1.89. The van der Waals surface area contributed by atoms with Crippen molar-refractivity contribution in [1.29, 1.82) is 0 Å². The van der Waals surface area contributed by atoms with E-state index in [2.05, 4.69) is 67.0 Å². The summed E-state index contributed by atoms with van der Waals surface area (Å²) >= 11 is 0. The maximum Gasteiger partial charge on any atom is 0.368 e. The molecule has 0 bridgehead atoms. The lowest BCUT2D eigenvalue weighted by atomic mass is 10.8. The van der Waals surface area contributed by atoms with Crippen LogP contribution in [0.3, 0.4) is 0 Å². The normalized spacial score (nSPS) is 13.3. The molecule has 18 heavy (non-hydrogen) atoms. The van der Waals surface area contributed by atoms with Gasteiger partial charge in [-0.2, -0.15) is 0 Å². The van der Waals surface area contributed by atoms with Gasteiger partial charge in [0, 0.05) is 8.07 Å². The minimum absolute atomic E-state index is 0.962. The lowest BCUT2D eigenvalue weighted by Gasteiger charge is -2.40. The Hall–Kier alpha value is 0.274. The minimum Gasteiger partial charge on any atom is -0.301 e. The lowest BCUT2D eigenvalue weighted by molar-refractivity contribution is 0.470. The number of hydrogen-bond donors (Lipinski definition) is 3. The first-order chi connectivity index (χ1) is 8.31. The molecule has 0 unspecified atom stereocenters. The molecule has 0 spiro atoms. The van der Waals surface area contributed by atoms with E-state index < -0.39 is 16.8 Å². The molecule has 0 radical (unpaired) electrons. The molecular formula is C12H34N4Si2. The van der Waals surface area contributed by atoms with Crippen LogP contribution in [0.5, 0.6) is 0 Å². The van der Waals surface area contributed by atoms with E-state index in [9.17, 15) is 0 Å². The van der Waals surface area contributed by atoms with Crippen molar-refractivity contribution in [3.05, 3.63) is 0 Å². The highest BCUT2D eigenvalue weighted by molar-refractivity contribution is 6.76. The van der Waals surface area contributed by atoms with E-state index in [0.29, 0.717) is 0 Å². The maximum atomic E-state index is 3.82. The molecule has 0 saturated heterocycles. The predicted molar refractivity (Wildman–Crippen MR) is 87.6 cm³/mol. The summed E-state index contributed by atoms with van der Waals surface area (Å²) in [6, 6.07) is 1.33. The zero-order valence-electron chi connectivity index (χ0n) is 13.5. The molecule has 0 aliphatic heterocycles. The van der Waals surface area contributed by atoms with Crippen molar-refractivity contribution in [2.45, 2.75) is 46.5 Å². The zero-order chi connectivity index (χ0) is 14.2. The quantitative estimate of drug-likeness (QED) is 0.534. The van der Waals surface area contributed by atoms with Crippen molar-refractivity contribution >= 4 is 16.8 Å². The molecule has 0 saturated carbocycles. The highest BCUT2D eigenvalue weighted by Crippen LogP contribution is 2.07. The van der Waals surface area contributed by atoms with Crippen molar-refractivity contribution in [2.24, 2.45) is 0 Å². The van der Waals surface area contributed by atoms with Crippen molar-refractivity contribution in [3.8, 4) is 0 Å². The van der Waals surface area contributed by atoms with Gasteiger partial charge in [0.25, 0.3) is 0 Å². The molecule has 0 heterocycles. The van der Waals surface area contributed by atoms with Gasteiger partial charge in [0.1, 0.15) is 0 Å². The largest absolute Gasteiger partial charge is 0.368 e. The Morgan fingerprint density at radius 2 is 1.39 bits per heavy atom. The van der Waals surface area contributed by atoms with Gasteiger partial charge in [0.15, 0.2) is 0 Å². The second-order valence-corrected chi connectivity index (χ2v) is 14.9. The Balaban J connectivity index is 4.61. The summed E-state index contributed by atoms with van der Waals surface area (Å²) in [6.45, 7) is 18.1. The molecule has 0 aromatic rings. The fourth-order valence-electron chi connectivity index (χ4n) is 1.96. The zero-order valence-corrected chi connectivity index (χ0v) is 15.5. The topological polar surface area (TPSA) is 39.3 Å². The van der Waals surface area contributed by atoms with E-state index in [4.69, 9.17) is 0 Å². The summed E-state index contributed by atoms with van der Waals surface area (Å²) in [7, 11) is -0.648. The van der Waals surface area contributed by atoms with Gasteiger partial charge in [0.2, 0.25) is 0 Å². The molecule has 0 aromatic carbocycles. The standard InChI is InChI=1S/C12H34N4Si2/c1-8-13-18(14-9-2,16(4)10-3)15-11-12-17(5,6)7/h13-15H,8-12H2,1-7H3. The van der Waals surface area contributed by atoms with Gasteiger partial charge < -0.3 is 14.9 Å². The monoisotopic (exact) mass is 290 g/mol. The third kappa shape index (κ3) is 6.44. The van der Waals surface area contributed by atoms with E-state index in [1.807, 2.05) is 0 Å². The van der Waals surface area contributed by atoms with Gasteiger partial charge in [-0.15, -0.1) is 0 Å². The van der Waals surface area contributed by atoms with Crippen LogP contribution in [0.2, 0.25) is 25.7 Å². The van der Waals surface area contributed by atoms with E-state index >= 15 is 0 Å². The van der Waals surface area contributed by atoms with Crippen molar-refractivity contribution in [3.63, 3.8) is 0 Å². The molecule has 0 rings (SSSR count). The van der Waals surface area contributed by atoms with Crippen LogP contribution in [0.25, 0.3) is 0 Å². The third-order valence-electron chi connectivity index (χ3n) is 3.17. The first-order valence-electron chi connectivity index (χ1n) is 7.27. The van der Waals surface area contributed by atoms with Gasteiger partial charge in [-0.3, -0.25) is 4.57 Å². The Morgan fingerprint density at radius 3 is 1.72 bits per heavy atom. The van der Waals surface area contributed by atoms with Gasteiger partial charge in [-0.1, -0.05) is 40.4 Å². The van der Waals surface area contributed by atoms with Gasteiger partial charge in [-0.25, -0.2) is 0 Å². The summed E-state index contributed by atoms with van der Waals surface area (Å²) in [4.78, 5) is 11.2. The Kier molecular flexibility index (Phi) is 8.57. The van der Waals surface area contributed by atoms with Crippen molar-refractivity contribution in [1.82, 2.24) is 19.5 Å². The smallest absolute Gasteiger partial charge is 0.301 e. The van der Waals surface area contributed by atoms with Crippen LogP contribution in [0.1, 0.15) is 20.8 Å². The SMILES string of the molecule is CCN[Si](NCC)(NCC[Si](C)(C)C)N(C)CC. The first kappa shape index (κ1) is 18.3. The average Bonchev–Trinajstić information content (AvgIpc) is 2.26. The molecule has 0 atom stereocenters. The summed E-state index contributed by atoms with van der Waals surface area (Å²) in [5.74, 6) is 0. The molecule has 0 fully saturated rings. The van der Waals surface area contributed by atoms with Gasteiger partial charge in [-0.05, 0) is 39.3 Å². The molecule has 0 aliphatic rings. The summed E-state index contributed by atoms with van der Waals surface area (Å²) < 4.78 is 2.43. The maximum absolute atomic E-state index is 3.82. The molecule has 110 valence electrons. The van der Waals surface area contributed by atoms with Crippen LogP contribution in [0.4, 0.5) is 0 Å². The van der Waals surface area contributed by atoms with Gasteiger partial charge >= 0.3 is 8.72 Å². The lowest BCUT2D eigenvalue weighted by Crippen LogP contribution is -2.80. The van der Waals surface area contributed by atoms with Crippen LogP contribution in [0.15, 0.2) is 0 Å². The molecule has 0 amide bonds. The molecule has 4 nitrogen and oxygen atoms in total. The molecule has 0 aliphatic carbocycles. The Morgan fingerprint density at radius 1 is 0.889 bits per heavy atom. The second-order valence-electron chi connectivity index (χ2n) is 6.02. The van der Waals surface area contributed by atoms with Crippen molar-refractivity contribution in [2.75, 3.05) is 33.2 Å². The highest BCUT2D eigenvalue weighted by atomic mass is 28.4. The van der Waals surface area contributed by atoms with E-state index in [1.54, 1.807) is 0 Å². The molecule has 3 N–H and O–H groups in total. The fourth-order valence-corrected chi connectivity index (χ4v) is 6.25. The van der Waals surface area contributed by atoms with Gasteiger partial charge in [0.05, 0.1) is 0 Å². The summed E-state index contributed by atoms with van der Waals surface area (Å²) in [5.41, 5.74) is 0. The Bertz CT molecular complexity index is 213. The van der Waals surface area contributed by atoms with Crippen LogP contribution in [0, 0.1) is 0 Å². The summed E-state index contributed by atoms with van der Waals surface area (Å²) in [5, 5.41) is 0. The Labute approximate surface area is 116 Å². The van der Waals surface area contributed by atoms with E-state index in [-0.39, 0.29) is 0 Å². The average molecular weight is 291 g/mol. The number of rotatable bonds is 10. The van der Waals surface area contributed by atoms with Crippen LogP contribution >= 0.6 is 0 Å². The second kappa shape index (κ2) is 8.45. The number of hydrogen-bond acceptors (Lipinski definition) is 4. The van der Waals surface area contributed by atoms with Crippen molar-refractivity contribution < 1.29 is 0 Å². The predicted octanol–water partition coefficient (Wildman–Crippen LogP) is 1.52. The van der Waals surface area contributed by atoms with Crippen LogP contribution in [-0.2, 0) is 0 Å². The van der Waals surface area contributed by atoms with Crippen LogP contribution in [-0.4, -0.2) is 54.6 Å². The molecule has 0 aromatic heterocycles. The molecular weight excluding hydrogens is 256 g/mol. The molecule has 6 heteroatoms. The van der Waals surface area contributed by atoms with Crippen LogP contribution < -0.4 is 14.9 Å². The third-order valence-corrected chi connectivity index (χ3v) is 8.87. The fraction of sp³-hybridized carbons (Fsp3) is 1.00. The van der Waals surface area contributed by atoms with E-state index in [1.165, 1.54) is 6.04 Å². The number of nitrogens with zero attached hydrogens (tertiary/aromatic N) is 1. The summed E-state index contributed by atoms with van der Waals surface area (Å²) in [6.07, 6.45) is 0. The van der Waals surface area contributed by atoms with E-state index in [0.717, 1.165) is 26.2 Å². The first-order valence-corrected chi connectivity index (χ1v) is 12.9. The number of nitrogens with one attached hydrogen (secondary N) is 3. The highest BCUT2D eigenvalue weighted by Gasteiger charge is 2.37.